The van der Waals surface area contributed by atoms with Crippen molar-refractivity contribution in [1.29, 1.82) is 0 Å². The Balaban J connectivity index is 2.42. The lowest BCUT2D eigenvalue weighted by Gasteiger charge is -2.28. The van der Waals surface area contributed by atoms with Gasteiger partial charge in [0.05, 0.1) is 5.60 Å². The number of rotatable bonds is 7. The highest BCUT2D eigenvalue weighted by atomic mass is 16.3. The van der Waals surface area contributed by atoms with Crippen molar-refractivity contribution in [3.63, 3.8) is 0 Å². The molecule has 0 aromatic rings. The summed E-state index contributed by atoms with van der Waals surface area (Å²) in [4.78, 5) is 39.4. The van der Waals surface area contributed by atoms with Crippen molar-refractivity contribution < 1.29 is 19.5 Å². The normalized spacial score (nSPS) is 15.9. The highest BCUT2D eigenvalue weighted by molar-refractivity contribution is 6.01. The van der Waals surface area contributed by atoms with Crippen molar-refractivity contribution >= 4 is 17.8 Å². The Kier molecular flexibility index (Phi) is 5.71. The zero-order valence-electron chi connectivity index (χ0n) is 13.3. The van der Waals surface area contributed by atoms with Crippen LogP contribution in [0.1, 0.15) is 33.6 Å². The Hall–Kier alpha value is -1.63. The minimum absolute atomic E-state index is 0.0768. The van der Waals surface area contributed by atoms with E-state index in [2.05, 4.69) is 0 Å². The molecule has 4 amide bonds. The molecule has 1 N–H and O–H groups in total. The van der Waals surface area contributed by atoms with Gasteiger partial charge in [0.1, 0.15) is 6.54 Å². The third-order valence-corrected chi connectivity index (χ3v) is 3.32. The second-order valence-corrected chi connectivity index (χ2v) is 6.01. The molecular formula is C14H25N3O4. The molecule has 0 atom stereocenters. The minimum Gasteiger partial charge on any atom is -0.389 e. The third-order valence-electron chi connectivity index (χ3n) is 3.32. The van der Waals surface area contributed by atoms with E-state index in [0.717, 1.165) is 0 Å². The molecule has 21 heavy (non-hydrogen) atoms. The first-order chi connectivity index (χ1) is 9.65. The van der Waals surface area contributed by atoms with Gasteiger partial charge in [0.25, 0.3) is 0 Å². The first kappa shape index (κ1) is 17.4. The Labute approximate surface area is 125 Å². The Morgan fingerprint density at radius 3 is 2.43 bits per heavy atom. The summed E-state index contributed by atoms with van der Waals surface area (Å²) in [5.41, 5.74) is -0.935. The first-order valence-electron chi connectivity index (χ1n) is 7.21. The van der Waals surface area contributed by atoms with Gasteiger partial charge in [-0.1, -0.05) is 0 Å². The zero-order valence-corrected chi connectivity index (χ0v) is 13.3. The number of nitrogens with zero attached hydrogens (tertiary/aromatic N) is 3. The molecule has 0 bridgehead atoms. The Morgan fingerprint density at radius 2 is 2.00 bits per heavy atom. The second-order valence-electron chi connectivity index (χ2n) is 6.01. The van der Waals surface area contributed by atoms with Crippen LogP contribution in [0.5, 0.6) is 0 Å². The highest BCUT2D eigenvalue weighted by Crippen LogP contribution is 2.11. The van der Waals surface area contributed by atoms with Crippen LogP contribution in [0, 0.1) is 0 Å². The van der Waals surface area contributed by atoms with Gasteiger partial charge in [0, 0.05) is 33.1 Å². The van der Waals surface area contributed by atoms with Crippen LogP contribution in [-0.4, -0.2) is 76.5 Å². The average Bonchev–Trinajstić information content (AvgIpc) is 2.61. The molecule has 0 aromatic carbocycles. The van der Waals surface area contributed by atoms with E-state index in [1.807, 2.05) is 6.92 Å². The van der Waals surface area contributed by atoms with Crippen LogP contribution in [0.4, 0.5) is 4.79 Å². The number of hydrogen-bond donors (Lipinski definition) is 1. The number of aliphatic hydroxyl groups is 1. The number of carbonyl (C=O) groups is 3. The largest absolute Gasteiger partial charge is 0.389 e. The number of urea groups is 1. The maximum absolute atomic E-state index is 12.1. The lowest BCUT2D eigenvalue weighted by molar-refractivity contribution is -0.134. The molecule has 0 unspecified atom stereocenters. The predicted molar refractivity (Wildman–Crippen MR) is 77.5 cm³/mol. The maximum Gasteiger partial charge on any atom is 0.326 e. The molecule has 1 saturated heterocycles. The van der Waals surface area contributed by atoms with E-state index in [4.69, 9.17) is 0 Å². The SMILES string of the molecule is CCN(CC(C)(C)O)C(=O)CCCN1C(=O)CN(C)C1=O. The van der Waals surface area contributed by atoms with E-state index < -0.39 is 5.60 Å². The minimum atomic E-state index is -0.935. The van der Waals surface area contributed by atoms with Crippen molar-refractivity contribution in [2.24, 2.45) is 0 Å². The van der Waals surface area contributed by atoms with Crippen LogP contribution in [-0.2, 0) is 9.59 Å². The van der Waals surface area contributed by atoms with Gasteiger partial charge in [-0.2, -0.15) is 0 Å². The summed E-state index contributed by atoms with van der Waals surface area (Å²) < 4.78 is 0. The van der Waals surface area contributed by atoms with Gasteiger partial charge in [-0.25, -0.2) is 4.79 Å². The summed E-state index contributed by atoms with van der Waals surface area (Å²) in [6, 6.07) is -0.309. The van der Waals surface area contributed by atoms with E-state index in [-0.39, 0.29) is 43.9 Å². The van der Waals surface area contributed by atoms with E-state index in [1.54, 1.807) is 25.8 Å². The highest BCUT2D eigenvalue weighted by Gasteiger charge is 2.33. The van der Waals surface area contributed by atoms with Gasteiger partial charge in [0.15, 0.2) is 0 Å². The average molecular weight is 299 g/mol. The molecule has 0 saturated carbocycles. The van der Waals surface area contributed by atoms with E-state index in [0.29, 0.717) is 13.0 Å². The third kappa shape index (κ3) is 5.00. The molecule has 7 nitrogen and oxygen atoms in total. The molecule has 120 valence electrons. The van der Waals surface area contributed by atoms with Gasteiger partial charge in [-0.3, -0.25) is 14.5 Å². The molecule has 1 aliphatic heterocycles. The summed E-state index contributed by atoms with van der Waals surface area (Å²) in [7, 11) is 1.58. The number of amides is 4. The molecule has 7 heteroatoms. The molecule has 1 aliphatic rings. The van der Waals surface area contributed by atoms with Crippen molar-refractivity contribution in [3.05, 3.63) is 0 Å². The fourth-order valence-electron chi connectivity index (χ4n) is 2.28. The molecule has 0 aliphatic carbocycles. The first-order valence-corrected chi connectivity index (χ1v) is 7.21. The Bertz CT molecular complexity index is 417. The van der Waals surface area contributed by atoms with E-state index >= 15 is 0 Å². The van der Waals surface area contributed by atoms with E-state index in [1.165, 1.54) is 9.80 Å². The lowest BCUT2D eigenvalue weighted by atomic mass is 10.1. The summed E-state index contributed by atoms with van der Waals surface area (Å²) in [6.45, 7) is 6.31. The van der Waals surface area contributed by atoms with Crippen LogP contribution in [0.2, 0.25) is 0 Å². The van der Waals surface area contributed by atoms with Gasteiger partial charge in [-0.05, 0) is 27.2 Å². The number of imide groups is 1. The number of likely N-dealkylation sites (N-methyl/N-ethyl adjacent to an activating group) is 2. The van der Waals surface area contributed by atoms with Gasteiger partial charge >= 0.3 is 6.03 Å². The predicted octanol–water partition coefficient (Wildman–Crippen LogP) is 0.280. The summed E-state index contributed by atoms with van der Waals surface area (Å²) in [5, 5.41) is 9.77. The fourth-order valence-corrected chi connectivity index (χ4v) is 2.28. The van der Waals surface area contributed by atoms with Crippen LogP contribution >= 0.6 is 0 Å². The van der Waals surface area contributed by atoms with Crippen LogP contribution in [0.3, 0.4) is 0 Å². The van der Waals surface area contributed by atoms with Crippen molar-refractivity contribution in [2.45, 2.75) is 39.2 Å². The van der Waals surface area contributed by atoms with Crippen molar-refractivity contribution in [1.82, 2.24) is 14.7 Å². The Morgan fingerprint density at radius 1 is 1.38 bits per heavy atom. The zero-order chi connectivity index (χ0) is 16.2. The summed E-state index contributed by atoms with van der Waals surface area (Å²) >= 11 is 0. The van der Waals surface area contributed by atoms with Crippen LogP contribution in [0.25, 0.3) is 0 Å². The van der Waals surface area contributed by atoms with E-state index in [9.17, 15) is 19.5 Å². The van der Waals surface area contributed by atoms with Crippen LogP contribution in [0.15, 0.2) is 0 Å². The standard InChI is InChI=1S/C14H25N3O4/c1-5-16(10-14(2,3)21)11(18)7-6-8-17-12(19)9-15(4)13(17)20/h21H,5-10H2,1-4H3. The molecule has 1 heterocycles. The van der Waals surface area contributed by atoms with Gasteiger partial charge < -0.3 is 14.9 Å². The molecule has 1 rings (SSSR count). The monoisotopic (exact) mass is 299 g/mol. The maximum atomic E-state index is 12.1. The summed E-state index contributed by atoms with van der Waals surface area (Å²) in [6.07, 6.45) is 0.692. The van der Waals surface area contributed by atoms with Gasteiger partial charge in [-0.15, -0.1) is 0 Å². The van der Waals surface area contributed by atoms with Crippen LogP contribution < -0.4 is 0 Å². The van der Waals surface area contributed by atoms with Crippen molar-refractivity contribution in [3.8, 4) is 0 Å². The smallest absolute Gasteiger partial charge is 0.326 e. The lowest BCUT2D eigenvalue weighted by Crippen LogP contribution is -2.42. The fraction of sp³-hybridized carbons (Fsp3) is 0.786. The topological polar surface area (TPSA) is 81.2 Å². The number of carbonyl (C=O) groups excluding carboxylic acids is 3. The molecule has 1 fully saturated rings. The van der Waals surface area contributed by atoms with Crippen molar-refractivity contribution in [2.75, 3.05) is 33.2 Å². The van der Waals surface area contributed by atoms with Gasteiger partial charge in [0.2, 0.25) is 11.8 Å². The molecule has 0 radical (unpaired) electrons. The second kappa shape index (κ2) is 6.89. The number of hydrogen-bond acceptors (Lipinski definition) is 4. The quantitative estimate of drug-likeness (QED) is 0.685. The summed E-state index contributed by atoms with van der Waals surface area (Å²) in [5.74, 6) is -0.300. The molecule has 0 aromatic heterocycles. The molecular weight excluding hydrogens is 274 g/mol. The molecule has 0 spiro atoms.